The zero-order chi connectivity index (χ0) is 9.14. The maximum atomic E-state index is 10.5. The number of amides is 2. The Morgan fingerprint density at radius 2 is 2.42 bits per heavy atom. The van der Waals surface area contributed by atoms with Crippen molar-refractivity contribution < 1.29 is 13.6 Å². The molecule has 0 fully saturated rings. The lowest BCUT2D eigenvalue weighted by Gasteiger charge is -2.20. The largest absolute Gasteiger partial charge is 0.754 e. The smallest absolute Gasteiger partial charge is 0.347 e. The van der Waals surface area contributed by atoms with E-state index in [1.807, 2.05) is 0 Å². The molecule has 0 saturated carbocycles. The fourth-order valence-electron chi connectivity index (χ4n) is 0.611. The molecule has 0 bridgehead atoms. The van der Waals surface area contributed by atoms with Crippen LogP contribution in [0, 0.1) is 0 Å². The zero-order valence-electron chi connectivity index (χ0n) is 5.78. The summed E-state index contributed by atoms with van der Waals surface area (Å²) in [5.74, 6) is 0. The second kappa shape index (κ2) is 3.32. The van der Waals surface area contributed by atoms with Crippen LogP contribution in [0.15, 0.2) is 18.5 Å². The molecule has 7 nitrogen and oxygen atoms in total. The minimum atomic E-state index is -2.75. The normalized spacial score (nSPS) is 12.4. The van der Waals surface area contributed by atoms with Crippen LogP contribution in [0.5, 0.6) is 0 Å². The van der Waals surface area contributed by atoms with Crippen molar-refractivity contribution in [3.05, 3.63) is 18.5 Å². The van der Waals surface area contributed by atoms with Gasteiger partial charge in [0.1, 0.15) is 0 Å². The van der Waals surface area contributed by atoms with Gasteiger partial charge in [0, 0.05) is 0 Å². The molecule has 0 aromatic carbocycles. The number of primary amides is 1. The summed E-state index contributed by atoms with van der Waals surface area (Å²) in [7, 11) is 0. The van der Waals surface area contributed by atoms with Gasteiger partial charge in [-0.1, -0.05) is 0 Å². The first-order chi connectivity index (χ1) is 5.63. The average Bonchev–Trinajstić information content (AvgIpc) is 2.37. The van der Waals surface area contributed by atoms with E-state index in [4.69, 9.17) is 5.73 Å². The predicted octanol–water partition coefficient (Wildman–Crippen LogP) is -1.31. The van der Waals surface area contributed by atoms with E-state index in [0.29, 0.717) is 0 Å². The lowest BCUT2D eigenvalue weighted by molar-refractivity contribution is 0.252. The van der Waals surface area contributed by atoms with Gasteiger partial charge in [-0.05, 0) is 6.07 Å². The van der Waals surface area contributed by atoms with E-state index in [-0.39, 0.29) is 4.41 Å². The van der Waals surface area contributed by atoms with E-state index in [0.717, 1.165) is 4.79 Å². The average molecular weight is 189 g/mol. The van der Waals surface area contributed by atoms with Crippen LogP contribution < -0.4 is 10.1 Å². The zero-order valence-corrected chi connectivity index (χ0v) is 6.60. The molecule has 0 radical (unpaired) electrons. The number of carbonyl (C=O) groups excluding carboxylic acids is 1. The standard InChI is InChI=1S/C4H6N4O3S/c5-4(9)8(12(10)11)7-3-1-2-6-7/h1-3H,(H2,5,9)(H,10,11)/p-1. The summed E-state index contributed by atoms with van der Waals surface area (Å²) in [4.78, 5) is 11.3. The van der Waals surface area contributed by atoms with Crippen LogP contribution in [0.4, 0.5) is 4.79 Å². The maximum absolute atomic E-state index is 10.5. The quantitative estimate of drug-likeness (QED) is 0.583. The third kappa shape index (κ3) is 1.60. The molecule has 0 aliphatic heterocycles. The summed E-state index contributed by atoms with van der Waals surface area (Å²) in [6, 6.07) is 0.343. The Labute approximate surface area is 70.1 Å². The van der Waals surface area contributed by atoms with E-state index < -0.39 is 17.3 Å². The number of urea groups is 1. The van der Waals surface area contributed by atoms with E-state index >= 15 is 0 Å². The van der Waals surface area contributed by atoms with Gasteiger partial charge >= 0.3 is 6.03 Å². The van der Waals surface area contributed by atoms with Crippen LogP contribution >= 0.6 is 0 Å². The van der Waals surface area contributed by atoms with Crippen LogP contribution in [0.1, 0.15) is 0 Å². The monoisotopic (exact) mass is 189 g/mol. The van der Waals surface area contributed by atoms with Gasteiger partial charge in [0.05, 0.1) is 23.7 Å². The third-order valence-electron chi connectivity index (χ3n) is 1.01. The molecule has 8 heteroatoms. The van der Waals surface area contributed by atoms with Crippen LogP contribution in [-0.4, -0.2) is 24.7 Å². The van der Waals surface area contributed by atoms with Crippen LogP contribution in [-0.2, 0) is 11.3 Å². The van der Waals surface area contributed by atoms with Gasteiger partial charge in [-0.3, -0.25) is 0 Å². The Kier molecular flexibility index (Phi) is 2.41. The second-order valence-electron chi connectivity index (χ2n) is 1.75. The highest BCUT2D eigenvalue weighted by Crippen LogP contribution is 1.91. The van der Waals surface area contributed by atoms with Crippen LogP contribution in [0.2, 0.25) is 0 Å². The SMILES string of the molecule is NC(=O)N(n1cccn1)S(=O)[O-]. The predicted molar refractivity (Wildman–Crippen MR) is 38.9 cm³/mol. The molecule has 1 aromatic rings. The van der Waals surface area contributed by atoms with Crippen LogP contribution in [0.25, 0.3) is 0 Å². The number of hydrogen-bond donors (Lipinski definition) is 1. The molecule has 66 valence electrons. The molecule has 2 amide bonds. The highest BCUT2D eigenvalue weighted by molar-refractivity contribution is 7.81. The number of rotatable bonds is 2. The molecule has 1 heterocycles. The molecule has 0 aliphatic rings. The van der Waals surface area contributed by atoms with E-state index in [1.165, 1.54) is 18.5 Å². The molecular weight excluding hydrogens is 184 g/mol. The molecule has 1 rings (SSSR count). The third-order valence-corrected chi connectivity index (χ3v) is 1.64. The number of nitrogens with zero attached hydrogens (tertiary/aromatic N) is 3. The first-order valence-corrected chi connectivity index (χ1v) is 3.85. The fourth-order valence-corrected chi connectivity index (χ4v) is 0.991. The van der Waals surface area contributed by atoms with Gasteiger partial charge in [-0.15, -0.1) is 4.41 Å². The Bertz CT molecular complexity index is 283. The molecule has 1 atom stereocenters. The highest BCUT2D eigenvalue weighted by Gasteiger charge is 2.11. The summed E-state index contributed by atoms with van der Waals surface area (Å²) in [6.07, 6.45) is 2.60. The number of carbonyl (C=O) groups is 1. The van der Waals surface area contributed by atoms with E-state index in [1.54, 1.807) is 0 Å². The van der Waals surface area contributed by atoms with Gasteiger partial charge in [0.15, 0.2) is 0 Å². The molecule has 12 heavy (non-hydrogen) atoms. The summed E-state index contributed by atoms with van der Waals surface area (Å²) in [6.45, 7) is 0. The van der Waals surface area contributed by atoms with Crippen molar-refractivity contribution >= 4 is 17.3 Å². The topological polar surface area (TPSA) is 104 Å². The first-order valence-electron chi connectivity index (χ1n) is 2.82. The van der Waals surface area contributed by atoms with Crippen molar-refractivity contribution in [3.63, 3.8) is 0 Å². The van der Waals surface area contributed by atoms with E-state index in [2.05, 4.69) is 5.10 Å². The lowest BCUT2D eigenvalue weighted by Crippen LogP contribution is -2.45. The molecule has 1 unspecified atom stereocenters. The molecule has 1 aromatic heterocycles. The van der Waals surface area contributed by atoms with Gasteiger partial charge < -0.3 is 10.3 Å². The minimum absolute atomic E-state index is 0.278. The van der Waals surface area contributed by atoms with Crippen molar-refractivity contribution in [3.8, 4) is 0 Å². The Hall–Kier alpha value is -1.41. The van der Waals surface area contributed by atoms with Crippen LogP contribution in [0.3, 0.4) is 0 Å². The van der Waals surface area contributed by atoms with Crippen molar-refractivity contribution in [1.82, 2.24) is 9.89 Å². The molecule has 2 N–H and O–H groups in total. The second-order valence-corrected chi connectivity index (χ2v) is 2.53. The lowest BCUT2D eigenvalue weighted by atomic mass is 10.8. The number of nitrogens with two attached hydrogens (primary N) is 1. The molecule has 0 aliphatic carbocycles. The Balaban J connectivity index is 2.96. The van der Waals surface area contributed by atoms with Gasteiger partial charge in [0.25, 0.3) is 0 Å². The molecule has 0 saturated heterocycles. The van der Waals surface area contributed by atoms with Gasteiger partial charge in [-0.25, -0.2) is 9.00 Å². The molecular formula is C4H5N4O3S-. The first kappa shape index (κ1) is 8.68. The summed E-state index contributed by atoms with van der Waals surface area (Å²) >= 11 is -2.75. The summed E-state index contributed by atoms with van der Waals surface area (Å²) in [5, 5.41) is 3.51. The number of aromatic nitrogens is 2. The summed E-state index contributed by atoms with van der Waals surface area (Å²) < 4.78 is 21.1. The number of hydrogen-bond acceptors (Lipinski definition) is 4. The van der Waals surface area contributed by atoms with E-state index in [9.17, 15) is 13.6 Å². The van der Waals surface area contributed by atoms with Gasteiger partial charge in [0.2, 0.25) is 0 Å². The fraction of sp³-hybridized carbons (Fsp3) is 0. The van der Waals surface area contributed by atoms with Gasteiger partial charge in [-0.2, -0.15) is 9.89 Å². The van der Waals surface area contributed by atoms with Crippen molar-refractivity contribution in [2.45, 2.75) is 0 Å². The Morgan fingerprint density at radius 1 is 1.75 bits per heavy atom. The molecule has 0 spiro atoms. The highest BCUT2D eigenvalue weighted by atomic mass is 32.2. The minimum Gasteiger partial charge on any atom is -0.754 e. The maximum Gasteiger partial charge on any atom is 0.347 e. The Morgan fingerprint density at radius 3 is 2.75 bits per heavy atom. The van der Waals surface area contributed by atoms with Crippen molar-refractivity contribution in [2.75, 3.05) is 4.41 Å². The van der Waals surface area contributed by atoms with Crippen molar-refractivity contribution in [1.29, 1.82) is 0 Å². The van der Waals surface area contributed by atoms with Crippen molar-refractivity contribution in [2.24, 2.45) is 5.73 Å². The summed E-state index contributed by atoms with van der Waals surface area (Å²) in [5.41, 5.74) is 4.76.